The van der Waals surface area contributed by atoms with E-state index in [1.165, 1.54) is 6.20 Å². The van der Waals surface area contributed by atoms with Gasteiger partial charge in [-0.05, 0) is 31.3 Å². The fourth-order valence-electron chi connectivity index (χ4n) is 2.29. The summed E-state index contributed by atoms with van der Waals surface area (Å²) in [5.74, 6) is -2.27. The summed E-state index contributed by atoms with van der Waals surface area (Å²) in [6.45, 7) is 4.80. The van der Waals surface area contributed by atoms with Gasteiger partial charge in [-0.15, -0.1) is 11.3 Å². The molecule has 1 amide bonds. The molecule has 11 nitrogen and oxygen atoms in total. The van der Waals surface area contributed by atoms with Crippen LogP contribution in [0.5, 0.6) is 0 Å². The van der Waals surface area contributed by atoms with E-state index in [1.807, 2.05) is 0 Å². The van der Waals surface area contributed by atoms with Crippen LogP contribution in [0.1, 0.15) is 39.4 Å². The van der Waals surface area contributed by atoms with Gasteiger partial charge in [-0.25, -0.2) is 9.59 Å². The molecule has 0 aromatic carbocycles. The van der Waals surface area contributed by atoms with Gasteiger partial charge in [0, 0.05) is 0 Å². The minimum atomic E-state index is -0.683. The molecule has 2 aromatic rings. The lowest BCUT2D eigenvalue weighted by Gasteiger charge is -2.06. The smallest absolute Gasteiger partial charge is 0.389 e. The average molecular weight is 410 g/mol. The van der Waals surface area contributed by atoms with Crippen LogP contribution in [0.2, 0.25) is 0 Å². The van der Waals surface area contributed by atoms with Crippen molar-refractivity contribution in [2.75, 3.05) is 18.5 Å². The highest BCUT2D eigenvalue weighted by Gasteiger charge is 2.27. The van der Waals surface area contributed by atoms with Gasteiger partial charge < -0.3 is 24.9 Å². The van der Waals surface area contributed by atoms with Gasteiger partial charge in [0.05, 0.1) is 36.1 Å². The van der Waals surface area contributed by atoms with Gasteiger partial charge in [-0.3, -0.25) is 4.79 Å². The molecule has 0 saturated heterocycles. The Labute approximate surface area is 163 Å². The largest absolute Gasteiger partial charge is 0.462 e. The zero-order chi connectivity index (χ0) is 20.8. The summed E-state index contributed by atoms with van der Waals surface area (Å²) in [4.78, 5) is 46.9. The Kier molecular flexibility index (Phi) is 6.82. The van der Waals surface area contributed by atoms with E-state index < -0.39 is 28.6 Å². The Morgan fingerprint density at radius 2 is 1.89 bits per heavy atom. The van der Waals surface area contributed by atoms with Gasteiger partial charge in [0.1, 0.15) is 16.4 Å². The maximum Gasteiger partial charge on any atom is 0.389 e. The molecule has 0 aliphatic carbocycles. The molecule has 12 heteroatoms. The quantitative estimate of drug-likeness (QED) is 0.396. The van der Waals surface area contributed by atoms with Crippen molar-refractivity contribution in [2.45, 2.75) is 27.3 Å². The summed E-state index contributed by atoms with van der Waals surface area (Å²) >= 11 is 0.892. The maximum absolute atomic E-state index is 12.3. The number of nitrogens with zero attached hydrogens (tertiary/aromatic N) is 3. The fraction of sp³-hybridized carbons (Fsp3) is 0.375. The van der Waals surface area contributed by atoms with Crippen LogP contribution >= 0.6 is 11.3 Å². The van der Waals surface area contributed by atoms with Gasteiger partial charge in [0.25, 0.3) is 0 Å². The molecule has 0 aliphatic heterocycles. The van der Waals surface area contributed by atoms with Crippen LogP contribution in [0.3, 0.4) is 0 Å². The van der Waals surface area contributed by atoms with E-state index in [4.69, 9.17) is 9.47 Å². The number of esters is 2. The zero-order valence-corrected chi connectivity index (χ0v) is 16.2. The molecule has 28 heavy (non-hydrogen) atoms. The highest BCUT2D eigenvalue weighted by molar-refractivity contribution is 7.18. The Bertz CT molecular complexity index is 918. The number of rotatable bonds is 8. The highest BCUT2D eigenvalue weighted by atomic mass is 32.1. The number of ether oxygens (including phenoxy) is 2. The molecule has 0 unspecified atom stereocenters. The third-order valence-electron chi connectivity index (χ3n) is 3.46. The Morgan fingerprint density at radius 3 is 2.46 bits per heavy atom. The van der Waals surface area contributed by atoms with Crippen LogP contribution < -0.4 is 5.32 Å². The second-order valence-corrected chi connectivity index (χ2v) is 6.40. The van der Waals surface area contributed by atoms with Crippen molar-refractivity contribution in [3.63, 3.8) is 0 Å². The van der Waals surface area contributed by atoms with Crippen LogP contribution in [-0.2, 0) is 20.8 Å². The Balaban J connectivity index is 2.27. The first-order chi connectivity index (χ1) is 13.3. The van der Waals surface area contributed by atoms with E-state index in [2.05, 4.69) is 10.4 Å². The van der Waals surface area contributed by atoms with Gasteiger partial charge in [-0.2, -0.15) is 4.68 Å². The molecule has 0 fully saturated rings. The number of thiophene rings is 1. The molecule has 2 rings (SSSR count). The van der Waals surface area contributed by atoms with Crippen molar-refractivity contribution in [3.05, 3.63) is 38.4 Å². The number of carbonyl (C=O) groups excluding carboxylic acids is 3. The predicted molar refractivity (Wildman–Crippen MR) is 98.5 cm³/mol. The van der Waals surface area contributed by atoms with E-state index in [-0.39, 0.29) is 35.2 Å². The van der Waals surface area contributed by atoms with E-state index in [1.54, 1.807) is 20.8 Å². The molecule has 2 aromatic heterocycles. The second kappa shape index (κ2) is 9.08. The SMILES string of the molecule is CCOC(=O)c1sc(NC(=O)Cn2ccc([N+](=O)[O-])n2)c(C(=O)OCC)c1C. The van der Waals surface area contributed by atoms with Crippen LogP contribution in [0, 0.1) is 17.0 Å². The van der Waals surface area contributed by atoms with E-state index in [0.29, 0.717) is 5.56 Å². The summed E-state index contributed by atoms with van der Waals surface area (Å²) in [6.07, 6.45) is 1.29. The van der Waals surface area contributed by atoms with Gasteiger partial charge in [-0.1, -0.05) is 0 Å². The van der Waals surface area contributed by atoms with E-state index in [0.717, 1.165) is 22.1 Å². The molecular formula is C16H18N4O7S. The van der Waals surface area contributed by atoms with Gasteiger partial charge in [0.15, 0.2) is 0 Å². The monoisotopic (exact) mass is 410 g/mol. The number of nitrogens with one attached hydrogen (secondary N) is 1. The zero-order valence-electron chi connectivity index (χ0n) is 15.4. The molecule has 150 valence electrons. The second-order valence-electron chi connectivity index (χ2n) is 5.38. The summed E-state index contributed by atoms with van der Waals surface area (Å²) < 4.78 is 11.1. The van der Waals surface area contributed by atoms with Gasteiger partial charge in [0.2, 0.25) is 5.91 Å². The average Bonchev–Trinajstić information content (AvgIpc) is 3.20. The maximum atomic E-state index is 12.3. The van der Waals surface area contributed by atoms with Crippen LogP contribution in [0.4, 0.5) is 10.8 Å². The molecule has 0 atom stereocenters. The summed E-state index contributed by atoms with van der Waals surface area (Å²) in [7, 11) is 0. The first kappa shape index (κ1) is 21.0. The molecule has 0 radical (unpaired) electrons. The standard InChI is InChI=1S/C16H18N4O7S/c1-4-26-15(22)12-9(3)13(16(23)27-5-2)28-14(12)17-11(21)8-19-7-6-10(18-19)20(24)25/h6-7H,4-5,8H2,1-3H3,(H,17,21). The molecule has 2 heterocycles. The minimum Gasteiger partial charge on any atom is -0.462 e. The van der Waals surface area contributed by atoms with Crippen molar-refractivity contribution in [2.24, 2.45) is 0 Å². The van der Waals surface area contributed by atoms with Crippen molar-refractivity contribution < 1.29 is 28.8 Å². The molecule has 0 aliphatic rings. The molecule has 0 spiro atoms. The normalized spacial score (nSPS) is 10.4. The highest BCUT2D eigenvalue weighted by Crippen LogP contribution is 2.34. The first-order valence-electron chi connectivity index (χ1n) is 8.23. The number of hydrogen-bond donors (Lipinski definition) is 1. The number of amides is 1. The lowest BCUT2D eigenvalue weighted by molar-refractivity contribution is -0.389. The molecular weight excluding hydrogens is 392 g/mol. The third-order valence-corrected chi connectivity index (χ3v) is 4.65. The topological polar surface area (TPSA) is 143 Å². The van der Waals surface area contributed by atoms with Crippen LogP contribution in [-0.4, -0.2) is 45.8 Å². The fourth-order valence-corrected chi connectivity index (χ4v) is 3.40. The molecule has 0 saturated carbocycles. The lowest BCUT2D eigenvalue weighted by Crippen LogP contribution is -2.20. The van der Waals surface area contributed by atoms with E-state index >= 15 is 0 Å². The molecule has 0 bridgehead atoms. The minimum absolute atomic E-state index is 0.0645. The number of aromatic nitrogens is 2. The summed E-state index contributed by atoms with van der Waals surface area (Å²) in [6, 6.07) is 1.16. The summed E-state index contributed by atoms with van der Waals surface area (Å²) in [5.41, 5.74) is 0.404. The number of anilines is 1. The van der Waals surface area contributed by atoms with Crippen molar-refractivity contribution >= 4 is 40.0 Å². The number of carbonyl (C=O) groups is 3. The predicted octanol–water partition coefficient (Wildman–Crippen LogP) is 2.15. The van der Waals surface area contributed by atoms with Gasteiger partial charge >= 0.3 is 17.8 Å². The third kappa shape index (κ3) is 4.71. The summed E-state index contributed by atoms with van der Waals surface area (Å²) in [5, 5.41) is 17.0. The molecule has 1 N–H and O–H groups in total. The van der Waals surface area contributed by atoms with Crippen LogP contribution in [0.15, 0.2) is 12.3 Å². The van der Waals surface area contributed by atoms with Crippen molar-refractivity contribution in [1.82, 2.24) is 9.78 Å². The number of nitro groups is 1. The lowest BCUT2D eigenvalue weighted by atomic mass is 10.1. The van der Waals surface area contributed by atoms with Crippen LogP contribution in [0.25, 0.3) is 0 Å². The van der Waals surface area contributed by atoms with Crippen molar-refractivity contribution in [1.29, 1.82) is 0 Å². The Morgan fingerprint density at radius 1 is 1.25 bits per heavy atom. The van der Waals surface area contributed by atoms with Crippen molar-refractivity contribution in [3.8, 4) is 0 Å². The first-order valence-corrected chi connectivity index (χ1v) is 9.05. The number of hydrogen-bond acceptors (Lipinski definition) is 9. The Hall–Kier alpha value is -3.28. The van der Waals surface area contributed by atoms with E-state index in [9.17, 15) is 24.5 Å².